The second-order valence-corrected chi connectivity index (χ2v) is 7.79. The van der Waals surface area contributed by atoms with Crippen LogP contribution in [0.2, 0.25) is 0 Å². The van der Waals surface area contributed by atoms with Gasteiger partial charge in [0.25, 0.3) is 0 Å². The van der Waals surface area contributed by atoms with Crippen LogP contribution in [0.4, 0.5) is 4.79 Å². The number of rotatable bonds is 8. The minimum Gasteiger partial charge on any atom is -0.459 e. The van der Waals surface area contributed by atoms with Crippen LogP contribution in [-0.4, -0.2) is 30.3 Å². The number of carbonyl (C=O) groups excluding carboxylic acids is 2. The van der Waals surface area contributed by atoms with Gasteiger partial charge in [-0.1, -0.05) is 60.2 Å². The lowest BCUT2D eigenvalue weighted by Gasteiger charge is -2.23. The van der Waals surface area contributed by atoms with Gasteiger partial charge in [0, 0.05) is 0 Å². The summed E-state index contributed by atoms with van der Waals surface area (Å²) >= 11 is 0. The average molecular weight is 399 g/mol. The lowest BCUT2D eigenvalue weighted by atomic mass is 10.2. The van der Waals surface area contributed by atoms with Crippen molar-refractivity contribution in [2.75, 3.05) is 6.61 Å². The number of ether oxygens (including phenoxy) is 3. The normalized spacial score (nSPS) is 12.1. The highest BCUT2D eigenvalue weighted by atomic mass is 16.6. The Morgan fingerprint density at radius 3 is 2.17 bits per heavy atom. The van der Waals surface area contributed by atoms with Gasteiger partial charge in [0.1, 0.15) is 12.2 Å². The second-order valence-electron chi connectivity index (χ2n) is 7.79. The fraction of sp³-hybridized carbons (Fsp3) is 0.391. The third kappa shape index (κ3) is 8.79. The van der Waals surface area contributed by atoms with Crippen molar-refractivity contribution in [1.29, 1.82) is 0 Å². The van der Waals surface area contributed by atoms with Crippen molar-refractivity contribution in [1.82, 2.24) is 5.32 Å². The van der Waals surface area contributed by atoms with E-state index in [1.807, 2.05) is 61.5 Å². The predicted octanol–water partition coefficient (Wildman–Crippen LogP) is 4.15. The molecular weight excluding hydrogens is 370 g/mol. The van der Waals surface area contributed by atoms with Crippen LogP contribution < -0.4 is 5.32 Å². The molecule has 0 heterocycles. The highest BCUT2D eigenvalue weighted by Crippen LogP contribution is 2.09. The molecule has 6 heteroatoms. The zero-order chi connectivity index (χ0) is 21.3. The van der Waals surface area contributed by atoms with Crippen molar-refractivity contribution < 1.29 is 23.8 Å². The van der Waals surface area contributed by atoms with E-state index in [0.717, 1.165) is 16.7 Å². The van der Waals surface area contributed by atoms with Crippen LogP contribution in [0.15, 0.2) is 54.6 Å². The summed E-state index contributed by atoms with van der Waals surface area (Å²) in [5, 5.41) is 2.54. The number of nitrogens with one attached hydrogen (secondary N) is 1. The number of amides is 1. The molecule has 0 spiro atoms. The van der Waals surface area contributed by atoms with Crippen LogP contribution >= 0.6 is 0 Å². The van der Waals surface area contributed by atoms with Crippen LogP contribution in [0.1, 0.15) is 37.5 Å². The Bertz CT molecular complexity index is 781. The van der Waals surface area contributed by atoms with E-state index in [1.165, 1.54) is 0 Å². The Labute approximate surface area is 172 Å². The molecule has 0 saturated heterocycles. The van der Waals surface area contributed by atoms with E-state index in [1.54, 1.807) is 20.8 Å². The van der Waals surface area contributed by atoms with Crippen LogP contribution in [0.5, 0.6) is 0 Å². The van der Waals surface area contributed by atoms with E-state index in [2.05, 4.69) is 5.32 Å². The third-order valence-electron chi connectivity index (χ3n) is 3.87. The fourth-order valence-electron chi connectivity index (χ4n) is 2.43. The molecule has 0 bridgehead atoms. The zero-order valence-corrected chi connectivity index (χ0v) is 17.4. The van der Waals surface area contributed by atoms with Crippen molar-refractivity contribution >= 4 is 12.1 Å². The van der Waals surface area contributed by atoms with E-state index in [0.29, 0.717) is 6.61 Å². The standard InChI is InChI=1S/C23H29NO5/c1-17-10-12-19(13-11-17)15-28-21(25)20(24-22(26)29-23(2,3)4)16-27-14-18-8-6-5-7-9-18/h5-13,20H,14-16H2,1-4H3,(H,24,26)/t20-/m1/s1. The van der Waals surface area contributed by atoms with E-state index in [9.17, 15) is 9.59 Å². The van der Waals surface area contributed by atoms with E-state index in [4.69, 9.17) is 14.2 Å². The van der Waals surface area contributed by atoms with E-state index in [-0.39, 0.29) is 13.2 Å². The van der Waals surface area contributed by atoms with Crippen molar-refractivity contribution in [3.8, 4) is 0 Å². The Balaban J connectivity index is 1.94. The second kappa shape index (κ2) is 10.6. The summed E-state index contributed by atoms with van der Waals surface area (Å²) in [4.78, 5) is 24.7. The third-order valence-corrected chi connectivity index (χ3v) is 3.87. The summed E-state index contributed by atoms with van der Waals surface area (Å²) in [5.41, 5.74) is 2.28. The molecule has 0 aliphatic carbocycles. The van der Waals surface area contributed by atoms with Gasteiger partial charge in [-0.2, -0.15) is 0 Å². The van der Waals surface area contributed by atoms with Gasteiger partial charge in [-0.05, 0) is 38.8 Å². The van der Waals surface area contributed by atoms with Gasteiger partial charge >= 0.3 is 12.1 Å². The van der Waals surface area contributed by atoms with Gasteiger partial charge in [-0.3, -0.25) is 0 Å². The monoisotopic (exact) mass is 399 g/mol. The number of hydrogen-bond donors (Lipinski definition) is 1. The molecule has 0 aromatic heterocycles. The zero-order valence-electron chi connectivity index (χ0n) is 17.4. The molecule has 1 atom stereocenters. The maximum atomic E-state index is 12.6. The molecule has 0 aliphatic rings. The summed E-state index contributed by atoms with van der Waals surface area (Å²) in [5.74, 6) is -0.579. The molecule has 156 valence electrons. The number of esters is 1. The van der Waals surface area contributed by atoms with E-state index >= 15 is 0 Å². The topological polar surface area (TPSA) is 73.9 Å². The maximum Gasteiger partial charge on any atom is 0.408 e. The number of benzene rings is 2. The Morgan fingerprint density at radius 2 is 1.55 bits per heavy atom. The molecule has 0 saturated carbocycles. The van der Waals surface area contributed by atoms with Crippen LogP contribution in [-0.2, 0) is 32.2 Å². The lowest BCUT2D eigenvalue weighted by molar-refractivity contribution is -0.149. The molecule has 2 rings (SSSR count). The summed E-state index contributed by atoms with van der Waals surface area (Å²) in [6.07, 6.45) is -0.696. The van der Waals surface area contributed by atoms with Gasteiger partial charge in [-0.25, -0.2) is 9.59 Å². The van der Waals surface area contributed by atoms with Gasteiger partial charge in [0.15, 0.2) is 6.04 Å². The quantitative estimate of drug-likeness (QED) is 0.675. The molecule has 0 radical (unpaired) electrons. The first-order valence-electron chi connectivity index (χ1n) is 9.56. The highest BCUT2D eigenvalue weighted by Gasteiger charge is 2.26. The molecule has 0 aliphatic heterocycles. The van der Waals surface area contributed by atoms with Crippen molar-refractivity contribution in [3.05, 3.63) is 71.3 Å². The molecule has 1 amide bonds. The minimum atomic E-state index is -0.973. The average Bonchev–Trinajstić information content (AvgIpc) is 2.66. The molecule has 0 unspecified atom stereocenters. The number of alkyl carbamates (subject to hydrolysis) is 1. The van der Waals surface area contributed by atoms with Crippen LogP contribution in [0, 0.1) is 6.92 Å². The first-order chi connectivity index (χ1) is 13.7. The summed E-state index contributed by atoms with van der Waals surface area (Å²) < 4.78 is 16.3. The SMILES string of the molecule is Cc1ccc(COC(=O)[C@@H](COCc2ccccc2)NC(=O)OC(C)(C)C)cc1. The first kappa shape index (κ1) is 22.4. The van der Waals surface area contributed by atoms with Gasteiger partial charge in [0.2, 0.25) is 0 Å². The van der Waals surface area contributed by atoms with Crippen molar-refractivity contribution in [2.24, 2.45) is 0 Å². The molecule has 6 nitrogen and oxygen atoms in total. The van der Waals surface area contributed by atoms with Gasteiger partial charge in [-0.15, -0.1) is 0 Å². The Morgan fingerprint density at radius 1 is 0.931 bits per heavy atom. The maximum absolute atomic E-state index is 12.6. The minimum absolute atomic E-state index is 0.0269. The number of hydrogen-bond acceptors (Lipinski definition) is 5. The largest absolute Gasteiger partial charge is 0.459 e. The molecule has 0 fully saturated rings. The highest BCUT2D eigenvalue weighted by molar-refractivity contribution is 5.81. The Kier molecular flexibility index (Phi) is 8.21. The van der Waals surface area contributed by atoms with Crippen molar-refractivity contribution in [2.45, 2.75) is 52.6 Å². The summed E-state index contributed by atoms with van der Waals surface area (Å²) in [7, 11) is 0. The lowest BCUT2D eigenvalue weighted by Crippen LogP contribution is -2.46. The Hall–Kier alpha value is -2.86. The van der Waals surface area contributed by atoms with Gasteiger partial charge in [0.05, 0.1) is 13.2 Å². The molecule has 2 aromatic carbocycles. The van der Waals surface area contributed by atoms with Crippen LogP contribution in [0.25, 0.3) is 0 Å². The van der Waals surface area contributed by atoms with Gasteiger partial charge < -0.3 is 19.5 Å². The predicted molar refractivity (Wildman–Crippen MR) is 110 cm³/mol. The molecular formula is C23H29NO5. The first-order valence-corrected chi connectivity index (χ1v) is 9.56. The summed E-state index contributed by atoms with van der Waals surface area (Å²) in [6.45, 7) is 7.65. The summed E-state index contributed by atoms with van der Waals surface area (Å²) in [6, 6.07) is 16.3. The molecule has 2 aromatic rings. The van der Waals surface area contributed by atoms with E-state index < -0.39 is 23.7 Å². The van der Waals surface area contributed by atoms with Crippen molar-refractivity contribution in [3.63, 3.8) is 0 Å². The molecule has 29 heavy (non-hydrogen) atoms. The fourth-order valence-corrected chi connectivity index (χ4v) is 2.43. The number of carbonyl (C=O) groups is 2. The smallest absolute Gasteiger partial charge is 0.408 e. The molecule has 1 N–H and O–H groups in total. The number of aryl methyl sites for hydroxylation is 1. The van der Waals surface area contributed by atoms with Crippen LogP contribution in [0.3, 0.4) is 0 Å².